The Labute approximate surface area is 183 Å². The molecule has 2 aromatic heterocycles. The van der Waals surface area contributed by atoms with Gasteiger partial charge in [-0.2, -0.15) is 0 Å². The van der Waals surface area contributed by atoms with E-state index < -0.39 is 5.97 Å². The number of fused-ring (bicyclic) bond motifs is 1. The number of amides is 1. The van der Waals surface area contributed by atoms with Gasteiger partial charge in [0.2, 0.25) is 0 Å². The van der Waals surface area contributed by atoms with Crippen LogP contribution < -0.4 is 5.32 Å². The van der Waals surface area contributed by atoms with E-state index in [1.165, 1.54) is 7.11 Å². The summed E-state index contributed by atoms with van der Waals surface area (Å²) in [5.41, 5.74) is 4.22. The lowest BCUT2D eigenvalue weighted by atomic mass is 10.0. The number of rotatable bonds is 4. The maximum absolute atomic E-state index is 13.3. The van der Waals surface area contributed by atoms with Crippen molar-refractivity contribution in [2.24, 2.45) is 0 Å². The molecule has 1 amide bonds. The number of methoxy groups -OCH3 is 1. The lowest BCUT2D eigenvalue weighted by Crippen LogP contribution is -2.15. The van der Waals surface area contributed by atoms with Crippen molar-refractivity contribution in [3.8, 4) is 11.3 Å². The lowest BCUT2D eigenvalue weighted by Gasteiger charge is -2.13. The van der Waals surface area contributed by atoms with Crippen LogP contribution in [0.1, 0.15) is 26.3 Å². The first-order chi connectivity index (χ1) is 15.0. The van der Waals surface area contributed by atoms with Crippen LogP contribution in [0.15, 0.2) is 67.0 Å². The Hall–Kier alpha value is -3.77. The fraction of sp³-hybridized carbons (Fsp3) is 0.0833. The lowest BCUT2D eigenvalue weighted by molar-refractivity contribution is 0.0600. The summed E-state index contributed by atoms with van der Waals surface area (Å²) >= 11 is 6.19. The van der Waals surface area contributed by atoms with Crippen molar-refractivity contribution in [3.63, 3.8) is 0 Å². The van der Waals surface area contributed by atoms with E-state index in [0.29, 0.717) is 38.4 Å². The molecule has 4 aromatic rings. The molecular formula is C24H18ClN3O3. The third-order valence-electron chi connectivity index (χ3n) is 4.90. The molecule has 4 rings (SSSR count). The number of carbonyl (C=O) groups is 2. The molecule has 0 saturated heterocycles. The molecule has 1 N–H and O–H groups in total. The molecule has 0 unspecified atom stereocenters. The van der Waals surface area contributed by atoms with Crippen LogP contribution in [0, 0.1) is 6.92 Å². The van der Waals surface area contributed by atoms with E-state index in [4.69, 9.17) is 16.3 Å². The second-order valence-electron chi connectivity index (χ2n) is 6.93. The van der Waals surface area contributed by atoms with Crippen LogP contribution in [-0.2, 0) is 4.74 Å². The quantitative estimate of drug-likeness (QED) is 0.443. The fourth-order valence-corrected chi connectivity index (χ4v) is 3.42. The zero-order valence-corrected chi connectivity index (χ0v) is 17.6. The van der Waals surface area contributed by atoms with Gasteiger partial charge in [0, 0.05) is 34.1 Å². The Morgan fingerprint density at radius 2 is 1.77 bits per heavy atom. The highest BCUT2D eigenvalue weighted by atomic mass is 35.5. The summed E-state index contributed by atoms with van der Waals surface area (Å²) in [6, 6.07) is 15.6. The number of nitrogens with one attached hydrogen (secondary N) is 1. The van der Waals surface area contributed by atoms with Crippen molar-refractivity contribution in [1.29, 1.82) is 0 Å². The summed E-state index contributed by atoms with van der Waals surface area (Å²) in [7, 11) is 1.31. The van der Waals surface area contributed by atoms with Gasteiger partial charge < -0.3 is 10.1 Å². The first-order valence-corrected chi connectivity index (χ1v) is 9.85. The first kappa shape index (κ1) is 20.5. The average Bonchev–Trinajstić information content (AvgIpc) is 2.79. The van der Waals surface area contributed by atoms with E-state index in [1.54, 1.807) is 54.9 Å². The number of hydrogen-bond donors (Lipinski definition) is 1. The predicted molar refractivity (Wildman–Crippen MR) is 120 cm³/mol. The largest absolute Gasteiger partial charge is 0.465 e. The molecular weight excluding hydrogens is 414 g/mol. The molecule has 0 spiro atoms. The van der Waals surface area contributed by atoms with Crippen LogP contribution >= 0.6 is 11.6 Å². The summed E-state index contributed by atoms with van der Waals surface area (Å²) in [6.07, 6.45) is 3.34. The number of carbonyl (C=O) groups excluding carboxylic acids is 2. The smallest absolute Gasteiger partial charge is 0.337 e. The summed E-state index contributed by atoms with van der Waals surface area (Å²) < 4.78 is 4.78. The van der Waals surface area contributed by atoms with Crippen molar-refractivity contribution < 1.29 is 14.3 Å². The Morgan fingerprint density at radius 3 is 2.52 bits per heavy atom. The number of hydrogen-bond acceptors (Lipinski definition) is 5. The van der Waals surface area contributed by atoms with Gasteiger partial charge in [-0.05, 0) is 61.0 Å². The van der Waals surface area contributed by atoms with Crippen LogP contribution in [0.3, 0.4) is 0 Å². The number of aromatic nitrogens is 2. The molecule has 0 atom stereocenters. The molecule has 0 fully saturated rings. The minimum absolute atomic E-state index is 0.338. The van der Waals surface area contributed by atoms with E-state index in [0.717, 1.165) is 11.1 Å². The Morgan fingerprint density at radius 1 is 1.00 bits per heavy atom. The molecule has 2 aromatic carbocycles. The van der Waals surface area contributed by atoms with Crippen molar-refractivity contribution in [2.45, 2.75) is 6.92 Å². The maximum Gasteiger partial charge on any atom is 0.337 e. The van der Waals surface area contributed by atoms with Gasteiger partial charge in [0.1, 0.15) is 0 Å². The highest BCUT2D eigenvalue weighted by molar-refractivity contribution is 6.31. The number of anilines is 1. The number of benzene rings is 2. The first-order valence-electron chi connectivity index (χ1n) is 9.47. The van der Waals surface area contributed by atoms with Crippen molar-refractivity contribution >= 4 is 40.1 Å². The van der Waals surface area contributed by atoms with E-state index in [-0.39, 0.29) is 5.91 Å². The van der Waals surface area contributed by atoms with E-state index >= 15 is 0 Å². The van der Waals surface area contributed by atoms with Crippen LogP contribution in [0.2, 0.25) is 5.02 Å². The number of nitrogens with zero attached hydrogens (tertiary/aromatic N) is 2. The van der Waals surface area contributed by atoms with Gasteiger partial charge in [-0.1, -0.05) is 17.7 Å². The zero-order chi connectivity index (χ0) is 22.0. The molecule has 31 heavy (non-hydrogen) atoms. The molecule has 0 aliphatic carbocycles. The van der Waals surface area contributed by atoms with Crippen molar-refractivity contribution in [3.05, 3.63) is 88.7 Å². The minimum Gasteiger partial charge on any atom is -0.465 e. The number of halogens is 1. The Bertz CT molecular complexity index is 1310. The molecule has 6 nitrogen and oxygen atoms in total. The summed E-state index contributed by atoms with van der Waals surface area (Å²) in [5, 5.41) is 4.04. The fourth-order valence-electron chi connectivity index (χ4n) is 3.25. The molecule has 0 aliphatic heterocycles. The summed E-state index contributed by atoms with van der Waals surface area (Å²) in [5.74, 6) is -0.813. The van der Waals surface area contributed by atoms with Gasteiger partial charge in [-0.25, -0.2) is 9.78 Å². The maximum atomic E-state index is 13.3. The molecule has 7 heteroatoms. The van der Waals surface area contributed by atoms with Crippen LogP contribution in [0.5, 0.6) is 0 Å². The monoisotopic (exact) mass is 431 g/mol. The van der Waals surface area contributed by atoms with Gasteiger partial charge in [0.15, 0.2) is 0 Å². The molecule has 154 valence electrons. The van der Waals surface area contributed by atoms with Crippen LogP contribution in [-0.4, -0.2) is 29.0 Å². The highest BCUT2D eigenvalue weighted by Gasteiger charge is 2.17. The Balaban J connectivity index is 1.80. The zero-order valence-electron chi connectivity index (χ0n) is 16.8. The van der Waals surface area contributed by atoms with Gasteiger partial charge in [0.05, 0.1) is 29.4 Å². The SMILES string of the molecule is COC(=O)c1ccc(C)c(NC(=O)c2cc(-c3ccncc3)nc3ccc(Cl)cc23)c1. The van der Waals surface area contributed by atoms with Gasteiger partial charge >= 0.3 is 5.97 Å². The number of esters is 1. The molecule has 0 saturated carbocycles. The third-order valence-corrected chi connectivity index (χ3v) is 5.13. The van der Waals surface area contributed by atoms with Crippen molar-refractivity contribution in [1.82, 2.24) is 9.97 Å². The number of ether oxygens (including phenoxy) is 1. The standard InChI is InChI=1S/C24H18ClN3O3/c1-14-3-4-16(24(30)31-2)11-21(14)28-23(29)19-13-22(15-7-9-26-10-8-15)27-20-6-5-17(25)12-18(19)20/h3-13H,1-2H3,(H,28,29). The Kier molecular flexibility index (Phi) is 5.64. The van der Waals surface area contributed by atoms with Crippen molar-refractivity contribution in [2.75, 3.05) is 12.4 Å². The molecule has 0 bridgehead atoms. The summed E-state index contributed by atoms with van der Waals surface area (Å²) in [6.45, 7) is 1.85. The minimum atomic E-state index is -0.475. The number of aryl methyl sites for hydroxylation is 1. The third kappa shape index (κ3) is 4.25. The molecule has 2 heterocycles. The van der Waals surface area contributed by atoms with Crippen LogP contribution in [0.25, 0.3) is 22.2 Å². The van der Waals surface area contributed by atoms with E-state index in [9.17, 15) is 9.59 Å². The second kappa shape index (κ2) is 8.53. The average molecular weight is 432 g/mol. The second-order valence-corrected chi connectivity index (χ2v) is 7.36. The molecule has 0 aliphatic rings. The highest BCUT2D eigenvalue weighted by Crippen LogP contribution is 2.28. The predicted octanol–water partition coefficient (Wildman–Crippen LogP) is 5.30. The van der Waals surface area contributed by atoms with Gasteiger partial charge in [-0.3, -0.25) is 9.78 Å². The number of pyridine rings is 2. The van der Waals surface area contributed by atoms with Gasteiger partial charge in [0.25, 0.3) is 5.91 Å². The summed E-state index contributed by atoms with van der Waals surface area (Å²) in [4.78, 5) is 33.9. The topological polar surface area (TPSA) is 81.2 Å². The van der Waals surface area contributed by atoms with Gasteiger partial charge in [-0.15, -0.1) is 0 Å². The van der Waals surface area contributed by atoms with E-state index in [2.05, 4.69) is 15.3 Å². The normalized spacial score (nSPS) is 10.7. The van der Waals surface area contributed by atoms with E-state index in [1.807, 2.05) is 19.1 Å². The van der Waals surface area contributed by atoms with Crippen LogP contribution in [0.4, 0.5) is 5.69 Å². The molecule has 0 radical (unpaired) electrons.